The minimum absolute atomic E-state index is 0.0127. The summed E-state index contributed by atoms with van der Waals surface area (Å²) >= 11 is 0. The van der Waals surface area contributed by atoms with Crippen LogP contribution in [0.2, 0.25) is 0 Å². The van der Waals surface area contributed by atoms with Crippen molar-refractivity contribution < 1.29 is 14.5 Å². The minimum Gasteiger partial charge on any atom is -0.463 e. The van der Waals surface area contributed by atoms with E-state index in [9.17, 15) is 4.79 Å². The van der Waals surface area contributed by atoms with Gasteiger partial charge in [0.2, 0.25) is 0 Å². The van der Waals surface area contributed by atoms with Crippen LogP contribution in [0.15, 0.2) is 83.5 Å². The number of amides is 1. The number of hydrogen-bond acceptors (Lipinski definition) is 2. The minimum atomic E-state index is -0.0127. The number of aryl methyl sites for hydroxylation is 1. The lowest BCUT2D eigenvalue weighted by Gasteiger charge is -2.14. The Hall–Kier alpha value is -2.85. The lowest BCUT2D eigenvalue weighted by Crippen LogP contribution is -2.87. The molecule has 1 amide bonds. The zero-order valence-electron chi connectivity index (χ0n) is 14.8. The lowest BCUT2D eigenvalue weighted by molar-refractivity contribution is -0.678. The highest BCUT2D eigenvalue weighted by molar-refractivity contribution is 5.76. The summed E-state index contributed by atoms with van der Waals surface area (Å²) in [5, 5.41) is 5.02. The molecule has 4 nitrogen and oxygen atoms in total. The summed E-state index contributed by atoms with van der Waals surface area (Å²) in [6, 6.07) is 24.3. The van der Waals surface area contributed by atoms with Crippen LogP contribution in [0.4, 0.5) is 0 Å². The lowest BCUT2D eigenvalue weighted by atomic mass is 10.0. The second-order valence-electron chi connectivity index (χ2n) is 6.28. The third kappa shape index (κ3) is 5.33. The van der Waals surface area contributed by atoms with Crippen molar-refractivity contribution in [2.75, 3.05) is 13.1 Å². The highest BCUT2D eigenvalue weighted by atomic mass is 16.3. The summed E-state index contributed by atoms with van der Waals surface area (Å²) in [4.78, 5) is 12.2. The normalized spacial score (nSPS) is 11.8. The van der Waals surface area contributed by atoms with Gasteiger partial charge in [0, 0.05) is 12.1 Å². The first-order valence-corrected chi connectivity index (χ1v) is 9.05. The van der Waals surface area contributed by atoms with E-state index in [0.717, 1.165) is 24.2 Å². The van der Waals surface area contributed by atoms with Crippen molar-refractivity contribution in [1.82, 2.24) is 5.32 Å². The van der Waals surface area contributed by atoms with Crippen LogP contribution in [0.5, 0.6) is 0 Å². The first-order valence-electron chi connectivity index (χ1n) is 9.05. The smallest absolute Gasteiger partial charge is 0.275 e. The van der Waals surface area contributed by atoms with Gasteiger partial charge in [-0.3, -0.25) is 4.79 Å². The molecule has 0 aliphatic rings. The zero-order valence-corrected chi connectivity index (χ0v) is 14.8. The molecule has 0 radical (unpaired) electrons. The fourth-order valence-electron chi connectivity index (χ4n) is 3.01. The standard InChI is InChI=1S/C22H24N2O2/c25-21(23-15-7-11-18-9-3-1-4-10-18)17-24-22(20-14-8-16-26-20)19-12-5-2-6-13-19/h1-6,8-10,12-14,16,22,24H,7,11,15,17H2,(H,23,25)/p+1/t22-/m1/s1. The van der Waals surface area contributed by atoms with Gasteiger partial charge in [-0.15, -0.1) is 0 Å². The van der Waals surface area contributed by atoms with E-state index in [1.54, 1.807) is 6.26 Å². The number of nitrogens with one attached hydrogen (secondary N) is 1. The number of quaternary nitrogens is 1. The highest BCUT2D eigenvalue weighted by Gasteiger charge is 2.21. The maximum Gasteiger partial charge on any atom is 0.275 e. The van der Waals surface area contributed by atoms with Crippen LogP contribution in [0.1, 0.15) is 29.3 Å². The number of carbonyl (C=O) groups excluding carboxylic acids is 1. The predicted octanol–water partition coefficient (Wildman–Crippen LogP) is 2.68. The Labute approximate surface area is 154 Å². The van der Waals surface area contributed by atoms with E-state index in [2.05, 4.69) is 29.6 Å². The molecule has 1 heterocycles. The molecule has 134 valence electrons. The molecule has 0 aliphatic carbocycles. The van der Waals surface area contributed by atoms with Crippen LogP contribution in [-0.2, 0) is 11.2 Å². The van der Waals surface area contributed by atoms with Gasteiger partial charge in [0.15, 0.2) is 18.3 Å². The van der Waals surface area contributed by atoms with E-state index >= 15 is 0 Å². The number of furan rings is 1. The van der Waals surface area contributed by atoms with Gasteiger partial charge in [-0.25, -0.2) is 0 Å². The molecule has 0 saturated heterocycles. The molecule has 0 bridgehead atoms. The Morgan fingerprint density at radius 1 is 0.962 bits per heavy atom. The van der Waals surface area contributed by atoms with E-state index in [1.807, 2.05) is 53.8 Å². The topological polar surface area (TPSA) is 58.9 Å². The number of rotatable bonds is 9. The number of nitrogens with two attached hydrogens (primary N) is 1. The molecule has 2 aromatic carbocycles. The van der Waals surface area contributed by atoms with Gasteiger partial charge in [-0.1, -0.05) is 60.7 Å². The largest absolute Gasteiger partial charge is 0.463 e. The fourth-order valence-corrected chi connectivity index (χ4v) is 3.01. The summed E-state index contributed by atoms with van der Waals surface area (Å²) in [5.74, 6) is 0.902. The summed E-state index contributed by atoms with van der Waals surface area (Å²) in [6.45, 7) is 1.06. The average Bonchev–Trinajstić information content (AvgIpc) is 3.22. The summed E-state index contributed by atoms with van der Waals surface area (Å²) < 4.78 is 5.57. The van der Waals surface area contributed by atoms with Crippen LogP contribution < -0.4 is 10.6 Å². The molecular formula is C22H25N2O2+. The van der Waals surface area contributed by atoms with Gasteiger partial charge < -0.3 is 15.1 Å². The van der Waals surface area contributed by atoms with Crippen molar-refractivity contribution in [3.8, 4) is 0 Å². The first kappa shape index (κ1) is 18.0. The van der Waals surface area contributed by atoms with Crippen LogP contribution in [0.3, 0.4) is 0 Å². The molecule has 1 atom stereocenters. The Morgan fingerprint density at radius 3 is 2.38 bits per heavy atom. The summed E-state index contributed by atoms with van der Waals surface area (Å²) in [6.07, 6.45) is 3.59. The molecule has 26 heavy (non-hydrogen) atoms. The Morgan fingerprint density at radius 2 is 1.69 bits per heavy atom. The van der Waals surface area contributed by atoms with Crippen LogP contribution in [0.25, 0.3) is 0 Å². The quantitative estimate of drug-likeness (QED) is 0.584. The van der Waals surface area contributed by atoms with E-state index in [0.29, 0.717) is 13.1 Å². The van der Waals surface area contributed by atoms with Crippen molar-refractivity contribution in [3.63, 3.8) is 0 Å². The van der Waals surface area contributed by atoms with Crippen molar-refractivity contribution >= 4 is 5.91 Å². The molecule has 4 heteroatoms. The van der Waals surface area contributed by atoms with Gasteiger partial charge in [-0.05, 0) is 30.5 Å². The number of carbonyl (C=O) groups is 1. The summed E-state index contributed by atoms with van der Waals surface area (Å²) in [7, 11) is 0. The molecule has 1 aromatic heterocycles. The molecule has 0 saturated carbocycles. The van der Waals surface area contributed by atoms with Crippen molar-refractivity contribution in [2.24, 2.45) is 0 Å². The molecule has 0 spiro atoms. The van der Waals surface area contributed by atoms with Gasteiger partial charge >= 0.3 is 0 Å². The second-order valence-corrected chi connectivity index (χ2v) is 6.28. The maximum absolute atomic E-state index is 12.2. The van der Waals surface area contributed by atoms with Gasteiger partial charge in [-0.2, -0.15) is 0 Å². The van der Waals surface area contributed by atoms with Gasteiger partial charge in [0.05, 0.1) is 6.26 Å². The van der Waals surface area contributed by atoms with Crippen LogP contribution >= 0.6 is 0 Å². The van der Waals surface area contributed by atoms with Crippen LogP contribution in [-0.4, -0.2) is 19.0 Å². The van der Waals surface area contributed by atoms with E-state index in [-0.39, 0.29) is 11.9 Å². The number of benzene rings is 2. The monoisotopic (exact) mass is 349 g/mol. The van der Waals surface area contributed by atoms with E-state index in [4.69, 9.17) is 4.42 Å². The molecule has 3 aromatic rings. The van der Waals surface area contributed by atoms with Crippen molar-refractivity contribution in [2.45, 2.75) is 18.9 Å². The predicted molar refractivity (Wildman–Crippen MR) is 102 cm³/mol. The zero-order chi connectivity index (χ0) is 18.0. The fraction of sp³-hybridized carbons (Fsp3) is 0.227. The third-order valence-corrected chi connectivity index (χ3v) is 4.35. The molecular weight excluding hydrogens is 324 g/mol. The molecule has 3 rings (SSSR count). The molecule has 0 aliphatic heterocycles. The average molecular weight is 349 g/mol. The SMILES string of the molecule is O=C(C[NH2+][C@H](c1ccccc1)c1ccco1)NCCCc1ccccc1. The Kier molecular flexibility index (Phi) is 6.62. The Balaban J connectivity index is 1.46. The van der Waals surface area contributed by atoms with Gasteiger partial charge in [0.1, 0.15) is 0 Å². The molecule has 3 N–H and O–H groups in total. The van der Waals surface area contributed by atoms with E-state index < -0.39 is 0 Å². The summed E-state index contributed by atoms with van der Waals surface area (Å²) in [5.41, 5.74) is 2.43. The van der Waals surface area contributed by atoms with Gasteiger partial charge in [0.25, 0.3) is 5.91 Å². The molecule has 0 unspecified atom stereocenters. The maximum atomic E-state index is 12.2. The second kappa shape index (κ2) is 9.59. The third-order valence-electron chi connectivity index (χ3n) is 4.35. The van der Waals surface area contributed by atoms with Crippen molar-refractivity contribution in [1.29, 1.82) is 0 Å². The molecule has 0 fully saturated rings. The highest BCUT2D eigenvalue weighted by Crippen LogP contribution is 2.18. The first-order chi connectivity index (χ1) is 12.8. The van der Waals surface area contributed by atoms with Crippen LogP contribution in [0, 0.1) is 0 Å². The number of hydrogen-bond donors (Lipinski definition) is 2. The van der Waals surface area contributed by atoms with Crippen molar-refractivity contribution in [3.05, 3.63) is 95.9 Å². The van der Waals surface area contributed by atoms with E-state index in [1.165, 1.54) is 5.56 Å². The Bertz CT molecular complexity index is 770.